The monoisotopic (exact) mass is 168 g/mol. The molecule has 68 valence electrons. The third kappa shape index (κ3) is 0.888. The topological polar surface area (TPSA) is 44.5 Å². The van der Waals surface area contributed by atoms with E-state index in [9.17, 15) is 0 Å². The molecule has 12 heavy (non-hydrogen) atoms. The highest BCUT2D eigenvalue weighted by molar-refractivity contribution is 5.27. The van der Waals surface area contributed by atoms with Crippen LogP contribution < -0.4 is 11.2 Å². The third-order valence-corrected chi connectivity index (χ3v) is 2.87. The Morgan fingerprint density at radius 2 is 2.50 bits per heavy atom. The molecule has 4 nitrogen and oxygen atoms in total. The number of likely N-dealkylation sites (N-methyl/N-ethyl adjacent to an activating group) is 1. The number of rotatable bonds is 1. The van der Waals surface area contributed by atoms with Crippen LogP contribution in [0.15, 0.2) is 11.8 Å². The Morgan fingerprint density at radius 1 is 1.75 bits per heavy atom. The maximum absolute atomic E-state index is 5.77. The predicted molar refractivity (Wildman–Crippen MR) is 48.0 cm³/mol. The number of fused-ring (bicyclic) bond motifs is 1. The van der Waals surface area contributed by atoms with Gasteiger partial charge in [-0.25, -0.2) is 5.01 Å². The lowest BCUT2D eigenvalue weighted by molar-refractivity contribution is -0.00989. The maximum Gasteiger partial charge on any atom is 0.123 e. The number of nitrogens with zero attached hydrogens (tertiary/aromatic N) is 2. The summed E-state index contributed by atoms with van der Waals surface area (Å²) in [7, 11) is 1.91. The Hall–Kier alpha value is -0.580. The van der Waals surface area contributed by atoms with Crippen LogP contribution in [0.3, 0.4) is 0 Å². The fourth-order valence-electron chi connectivity index (χ4n) is 1.91. The molecule has 0 spiro atoms. The van der Waals surface area contributed by atoms with Crippen LogP contribution in [0.1, 0.15) is 6.92 Å². The molecule has 0 amide bonds. The summed E-state index contributed by atoms with van der Waals surface area (Å²) in [4.78, 5) is 2.35. The van der Waals surface area contributed by atoms with Gasteiger partial charge in [-0.15, -0.1) is 0 Å². The number of hydrazine groups is 1. The van der Waals surface area contributed by atoms with Crippen LogP contribution in [0.2, 0.25) is 0 Å². The van der Waals surface area contributed by atoms with Gasteiger partial charge in [0.15, 0.2) is 0 Å². The molecule has 1 saturated heterocycles. The van der Waals surface area contributed by atoms with E-state index in [-0.39, 0.29) is 5.66 Å². The molecule has 3 N–H and O–H groups in total. The number of hydrogen-bond donors (Lipinski definition) is 2. The lowest BCUT2D eigenvalue weighted by Gasteiger charge is -2.55. The highest BCUT2D eigenvalue weighted by atomic mass is 15.6. The average molecular weight is 168 g/mol. The Bertz CT molecular complexity index is 223. The van der Waals surface area contributed by atoms with Gasteiger partial charge in [0, 0.05) is 32.4 Å². The molecule has 1 fully saturated rings. The standard InChI is InChI=1S/C8H16N4/c1-8(11(2)9)5-7-6-10-3-4-12(7)8/h5,10H,3-4,6,9H2,1-2H3. The summed E-state index contributed by atoms with van der Waals surface area (Å²) < 4.78 is 0. The highest BCUT2D eigenvalue weighted by Crippen LogP contribution is 2.34. The van der Waals surface area contributed by atoms with Gasteiger partial charge in [0.25, 0.3) is 0 Å². The first-order valence-electron chi connectivity index (χ1n) is 4.33. The van der Waals surface area contributed by atoms with Crippen LogP contribution in [-0.4, -0.2) is 42.3 Å². The van der Waals surface area contributed by atoms with E-state index < -0.39 is 0 Å². The first kappa shape index (κ1) is 8.04. The lowest BCUT2D eigenvalue weighted by atomic mass is 9.96. The van der Waals surface area contributed by atoms with E-state index in [4.69, 9.17) is 5.84 Å². The highest BCUT2D eigenvalue weighted by Gasteiger charge is 2.42. The van der Waals surface area contributed by atoms with Gasteiger partial charge in [-0.1, -0.05) is 0 Å². The summed E-state index contributed by atoms with van der Waals surface area (Å²) in [5.41, 5.74) is 1.33. The molecule has 2 rings (SSSR count). The second kappa shape index (κ2) is 2.45. The minimum atomic E-state index is -0.0442. The minimum absolute atomic E-state index is 0.0442. The van der Waals surface area contributed by atoms with Gasteiger partial charge in [0.05, 0.1) is 0 Å². The molecular formula is C8H16N4. The van der Waals surface area contributed by atoms with Crippen molar-refractivity contribution < 1.29 is 0 Å². The average Bonchev–Trinajstić information content (AvgIpc) is 2.02. The Kier molecular flexibility index (Phi) is 1.64. The van der Waals surface area contributed by atoms with Crippen LogP contribution in [0.5, 0.6) is 0 Å². The van der Waals surface area contributed by atoms with Crippen molar-refractivity contribution in [2.45, 2.75) is 12.6 Å². The molecule has 2 aliphatic heterocycles. The lowest BCUT2D eigenvalue weighted by Crippen LogP contribution is -2.67. The molecule has 0 radical (unpaired) electrons. The zero-order chi connectivity index (χ0) is 8.77. The van der Waals surface area contributed by atoms with Crippen molar-refractivity contribution in [2.75, 3.05) is 26.7 Å². The van der Waals surface area contributed by atoms with Gasteiger partial charge in [0.2, 0.25) is 0 Å². The van der Waals surface area contributed by atoms with Gasteiger partial charge in [-0.2, -0.15) is 0 Å². The SMILES string of the molecule is CN(N)C1(C)C=C2CNCCN21. The van der Waals surface area contributed by atoms with Crippen molar-refractivity contribution in [1.82, 2.24) is 15.2 Å². The molecule has 4 heteroatoms. The summed E-state index contributed by atoms with van der Waals surface area (Å²) >= 11 is 0. The molecule has 2 heterocycles. The van der Waals surface area contributed by atoms with E-state index >= 15 is 0 Å². The molecule has 2 aliphatic rings. The van der Waals surface area contributed by atoms with Gasteiger partial charge in [-0.3, -0.25) is 5.84 Å². The molecule has 1 atom stereocenters. The van der Waals surface area contributed by atoms with Crippen molar-refractivity contribution in [1.29, 1.82) is 0 Å². The Balaban J connectivity index is 2.18. The molecular weight excluding hydrogens is 152 g/mol. The quantitative estimate of drug-likeness (QED) is 0.402. The first-order valence-corrected chi connectivity index (χ1v) is 4.33. The molecule has 0 aromatic heterocycles. The third-order valence-electron chi connectivity index (χ3n) is 2.87. The fraction of sp³-hybridized carbons (Fsp3) is 0.750. The molecule has 0 saturated carbocycles. The first-order chi connectivity index (χ1) is 5.64. The number of nitrogens with two attached hydrogens (primary N) is 1. The number of piperazine rings is 1. The van der Waals surface area contributed by atoms with E-state index in [1.165, 1.54) is 5.70 Å². The van der Waals surface area contributed by atoms with Crippen LogP contribution in [0, 0.1) is 0 Å². The molecule has 1 unspecified atom stereocenters. The number of nitrogens with one attached hydrogen (secondary N) is 1. The van der Waals surface area contributed by atoms with E-state index in [1.807, 2.05) is 7.05 Å². The zero-order valence-corrected chi connectivity index (χ0v) is 7.67. The smallest absolute Gasteiger partial charge is 0.123 e. The fourth-order valence-corrected chi connectivity index (χ4v) is 1.91. The van der Waals surface area contributed by atoms with Crippen LogP contribution in [0.4, 0.5) is 0 Å². The van der Waals surface area contributed by atoms with Crippen molar-refractivity contribution in [3.63, 3.8) is 0 Å². The Morgan fingerprint density at radius 3 is 3.08 bits per heavy atom. The van der Waals surface area contributed by atoms with Gasteiger partial charge in [0.1, 0.15) is 5.66 Å². The van der Waals surface area contributed by atoms with Crippen molar-refractivity contribution in [3.8, 4) is 0 Å². The number of hydrogen-bond acceptors (Lipinski definition) is 4. The van der Waals surface area contributed by atoms with E-state index in [0.29, 0.717) is 0 Å². The zero-order valence-electron chi connectivity index (χ0n) is 7.67. The second-order valence-electron chi connectivity index (χ2n) is 3.67. The van der Waals surface area contributed by atoms with Crippen molar-refractivity contribution in [3.05, 3.63) is 11.8 Å². The maximum atomic E-state index is 5.77. The van der Waals surface area contributed by atoms with Crippen molar-refractivity contribution in [2.24, 2.45) is 5.84 Å². The van der Waals surface area contributed by atoms with Gasteiger partial charge in [-0.05, 0) is 13.0 Å². The van der Waals surface area contributed by atoms with Crippen LogP contribution in [0.25, 0.3) is 0 Å². The minimum Gasteiger partial charge on any atom is -0.350 e. The summed E-state index contributed by atoms with van der Waals surface area (Å²) in [6.45, 7) is 5.25. The molecule has 0 aromatic rings. The van der Waals surface area contributed by atoms with E-state index in [0.717, 1.165) is 19.6 Å². The normalized spacial score (nSPS) is 34.3. The Labute approximate surface area is 73.0 Å². The summed E-state index contributed by atoms with van der Waals surface area (Å²) in [6.07, 6.45) is 2.22. The molecule has 0 aliphatic carbocycles. The van der Waals surface area contributed by atoms with E-state index in [1.54, 1.807) is 5.01 Å². The van der Waals surface area contributed by atoms with E-state index in [2.05, 4.69) is 23.2 Å². The molecule has 0 aromatic carbocycles. The summed E-state index contributed by atoms with van der Waals surface area (Å²) in [5.74, 6) is 5.77. The summed E-state index contributed by atoms with van der Waals surface area (Å²) in [5, 5.41) is 5.09. The van der Waals surface area contributed by atoms with Gasteiger partial charge < -0.3 is 10.2 Å². The van der Waals surface area contributed by atoms with Crippen molar-refractivity contribution >= 4 is 0 Å². The second-order valence-corrected chi connectivity index (χ2v) is 3.67. The van der Waals surface area contributed by atoms with Gasteiger partial charge >= 0.3 is 0 Å². The predicted octanol–water partition coefficient (Wildman–Crippen LogP) is -0.689. The largest absolute Gasteiger partial charge is 0.350 e. The van der Waals surface area contributed by atoms with Crippen LogP contribution >= 0.6 is 0 Å². The molecule has 0 bridgehead atoms. The van der Waals surface area contributed by atoms with Crippen LogP contribution in [-0.2, 0) is 0 Å². The summed E-state index contributed by atoms with van der Waals surface area (Å²) in [6, 6.07) is 0.